The Hall–Kier alpha value is -1.04. The molecule has 0 aliphatic heterocycles. The largest absolute Gasteiger partial charge is 0.0643 e. The molecule has 1 radical (unpaired) electrons. The highest BCUT2D eigenvalue weighted by Gasteiger charge is 2.10. The zero-order valence-electron chi connectivity index (χ0n) is 7.81. The number of aryl methyl sites for hydroxylation is 2. The average molecular weight is 157 g/mol. The molecule has 1 aromatic rings. The van der Waals surface area contributed by atoms with Crippen molar-refractivity contribution in [3.05, 3.63) is 46.4 Å². The maximum atomic E-state index is 2.26. The van der Waals surface area contributed by atoms with Crippen LogP contribution in [0.15, 0.2) is 17.7 Å². The van der Waals surface area contributed by atoms with E-state index in [1.54, 1.807) is 0 Å². The normalized spacial score (nSPS) is 14.4. The number of hydrogen-bond acceptors (Lipinski definition) is 0. The lowest BCUT2D eigenvalue weighted by atomic mass is 10.0. The Morgan fingerprint density at radius 2 is 1.42 bits per heavy atom. The highest BCUT2D eigenvalue weighted by molar-refractivity contribution is 5.69. The molecule has 0 fully saturated rings. The molecule has 0 atom stereocenters. The van der Waals surface area contributed by atoms with Crippen LogP contribution in [0, 0.1) is 20.3 Å². The molecule has 0 N–H and O–H groups in total. The quantitative estimate of drug-likeness (QED) is 0.542. The average Bonchev–Trinajstić information content (AvgIpc) is 2.30. The van der Waals surface area contributed by atoms with Gasteiger partial charge in [-0.25, -0.2) is 0 Å². The summed E-state index contributed by atoms with van der Waals surface area (Å²) in [5, 5.41) is 0. The predicted molar refractivity (Wildman–Crippen MR) is 53.0 cm³/mol. The molecule has 0 heteroatoms. The van der Waals surface area contributed by atoms with Gasteiger partial charge in [0, 0.05) is 6.42 Å². The van der Waals surface area contributed by atoms with Crippen molar-refractivity contribution in [2.75, 3.05) is 0 Å². The summed E-state index contributed by atoms with van der Waals surface area (Å²) in [6.07, 6.45) is 4.48. The topological polar surface area (TPSA) is 0 Å². The van der Waals surface area contributed by atoms with Gasteiger partial charge in [0.2, 0.25) is 0 Å². The number of fused-ring (bicyclic) bond motifs is 1. The standard InChI is InChI=1S/C12H13/c1-8-4-11-6-9(2)10(3)7-12(11)5-8/h4-7H,1-3H3. The minimum atomic E-state index is 1.36. The van der Waals surface area contributed by atoms with E-state index in [4.69, 9.17) is 0 Å². The van der Waals surface area contributed by atoms with E-state index in [1.165, 1.54) is 27.8 Å². The Morgan fingerprint density at radius 1 is 0.833 bits per heavy atom. The molecular weight excluding hydrogens is 144 g/mol. The first-order chi connectivity index (χ1) is 5.66. The molecule has 0 spiro atoms. The fraction of sp³-hybridized carbons (Fsp3) is 0.250. The highest BCUT2D eigenvalue weighted by atomic mass is 14.1. The molecule has 1 aliphatic carbocycles. The van der Waals surface area contributed by atoms with Crippen LogP contribution in [-0.4, -0.2) is 0 Å². The summed E-state index contributed by atoms with van der Waals surface area (Å²) in [4.78, 5) is 0. The van der Waals surface area contributed by atoms with Crippen LogP contribution in [0.2, 0.25) is 0 Å². The molecule has 0 heterocycles. The first kappa shape index (κ1) is 7.60. The smallest absolute Gasteiger partial charge is 0.0161 e. The molecule has 0 aromatic heterocycles. The Bertz CT molecular complexity index is 357. The molecule has 0 saturated heterocycles. The van der Waals surface area contributed by atoms with Crippen molar-refractivity contribution in [3.63, 3.8) is 0 Å². The second-order valence-corrected chi connectivity index (χ2v) is 3.60. The van der Waals surface area contributed by atoms with Gasteiger partial charge in [0.25, 0.3) is 0 Å². The van der Waals surface area contributed by atoms with Crippen molar-refractivity contribution < 1.29 is 0 Å². The van der Waals surface area contributed by atoms with Gasteiger partial charge in [0.1, 0.15) is 0 Å². The molecule has 0 unspecified atom stereocenters. The summed E-state index contributed by atoms with van der Waals surface area (Å²) in [6, 6.07) is 4.52. The Kier molecular flexibility index (Phi) is 1.57. The molecule has 0 bridgehead atoms. The molecule has 0 amide bonds. The van der Waals surface area contributed by atoms with Crippen LogP contribution in [0.5, 0.6) is 0 Å². The third-order valence-electron chi connectivity index (χ3n) is 2.47. The van der Waals surface area contributed by atoms with Gasteiger partial charge in [-0.3, -0.25) is 0 Å². The minimum absolute atomic E-state index is 1.36. The summed E-state index contributed by atoms with van der Waals surface area (Å²) < 4.78 is 0. The molecule has 61 valence electrons. The van der Waals surface area contributed by atoms with Crippen LogP contribution in [-0.2, 0) is 0 Å². The van der Waals surface area contributed by atoms with E-state index in [0.29, 0.717) is 0 Å². The van der Waals surface area contributed by atoms with E-state index < -0.39 is 0 Å². The van der Waals surface area contributed by atoms with E-state index in [2.05, 4.69) is 45.4 Å². The monoisotopic (exact) mass is 157 g/mol. The molecule has 0 nitrogen and oxygen atoms in total. The first-order valence-corrected chi connectivity index (χ1v) is 4.31. The summed E-state index contributed by atoms with van der Waals surface area (Å²) >= 11 is 0. The number of rotatable bonds is 0. The maximum Gasteiger partial charge on any atom is 0.0161 e. The van der Waals surface area contributed by atoms with Gasteiger partial charge < -0.3 is 0 Å². The number of benzene rings is 1. The highest BCUT2D eigenvalue weighted by Crippen LogP contribution is 2.28. The van der Waals surface area contributed by atoms with Crippen LogP contribution in [0.4, 0.5) is 0 Å². The lowest BCUT2D eigenvalue weighted by Crippen LogP contribution is -1.86. The van der Waals surface area contributed by atoms with Crippen LogP contribution < -0.4 is 0 Å². The lowest BCUT2D eigenvalue weighted by Gasteiger charge is -2.03. The zero-order valence-corrected chi connectivity index (χ0v) is 7.81. The molecule has 1 aromatic carbocycles. The number of hydrogen-bond donors (Lipinski definition) is 0. The fourth-order valence-electron chi connectivity index (χ4n) is 1.64. The van der Waals surface area contributed by atoms with E-state index >= 15 is 0 Å². The van der Waals surface area contributed by atoms with Gasteiger partial charge >= 0.3 is 0 Å². The summed E-state index contributed by atoms with van der Waals surface area (Å²) in [5.74, 6) is 0. The second kappa shape index (κ2) is 2.48. The third kappa shape index (κ3) is 1.08. The van der Waals surface area contributed by atoms with E-state index in [0.717, 1.165) is 0 Å². The van der Waals surface area contributed by atoms with Crippen molar-refractivity contribution in [2.24, 2.45) is 0 Å². The van der Waals surface area contributed by atoms with Crippen molar-refractivity contribution >= 4 is 6.08 Å². The zero-order chi connectivity index (χ0) is 8.72. The summed E-state index contributed by atoms with van der Waals surface area (Å²) in [6.45, 7) is 6.47. The lowest BCUT2D eigenvalue weighted by molar-refractivity contribution is 1.31. The SMILES string of the molecule is CC1=Cc2cc(C)c(C)cc2[CH]1. The van der Waals surface area contributed by atoms with Gasteiger partial charge in [0.05, 0.1) is 0 Å². The Morgan fingerprint density at radius 3 is 2.08 bits per heavy atom. The van der Waals surface area contributed by atoms with Gasteiger partial charge in [-0.1, -0.05) is 23.8 Å². The molecule has 12 heavy (non-hydrogen) atoms. The van der Waals surface area contributed by atoms with E-state index in [9.17, 15) is 0 Å². The van der Waals surface area contributed by atoms with Crippen molar-refractivity contribution in [1.82, 2.24) is 0 Å². The van der Waals surface area contributed by atoms with Gasteiger partial charge in [-0.15, -0.1) is 0 Å². The van der Waals surface area contributed by atoms with Crippen LogP contribution in [0.3, 0.4) is 0 Å². The maximum absolute atomic E-state index is 2.26. The molecular formula is C12H13. The van der Waals surface area contributed by atoms with Gasteiger partial charge in [0.15, 0.2) is 0 Å². The number of allylic oxidation sites excluding steroid dienone is 1. The minimum Gasteiger partial charge on any atom is -0.0643 e. The molecule has 1 aliphatic rings. The van der Waals surface area contributed by atoms with Crippen molar-refractivity contribution in [3.8, 4) is 0 Å². The first-order valence-electron chi connectivity index (χ1n) is 4.31. The van der Waals surface area contributed by atoms with E-state index in [-0.39, 0.29) is 0 Å². The van der Waals surface area contributed by atoms with E-state index in [1.807, 2.05) is 0 Å². The second-order valence-electron chi connectivity index (χ2n) is 3.60. The fourth-order valence-corrected chi connectivity index (χ4v) is 1.64. The third-order valence-corrected chi connectivity index (χ3v) is 2.47. The molecule has 0 saturated carbocycles. The van der Waals surface area contributed by atoms with Crippen molar-refractivity contribution in [2.45, 2.75) is 20.8 Å². The molecule has 2 rings (SSSR count). The Balaban J connectivity index is 2.57. The van der Waals surface area contributed by atoms with Crippen LogP contribution in [0.1, 0.15) is 29.2 Å². The van der Waals surface area contributed by atoms with Gasteiger partial charge in [-0.05, 0) is 43.0 Å². The Labute approximate surface area is 73.9 Å². The summed E-state index contributed by atoms with van der Waals surface area (Å²) in [5.41, 5.74) is 6.86. The summed E-state index contributed by atoms with van der Waals surface area (Å²) in [7, 11) is 0. The predicted octanol–water partition coefficient (Wildman–Crippen LogP) is 3.27. The van der Waals surface area contributed by atoms with Crippen LogP contribution in [0.25, 0.3) is 6.08 Å². The van der Waals surface area contributed by atoms with Crippen LogP contribution >= 0.6 is 0 Å². The van der Waals surface area contributed by atoms with Gasteiger partial charge in [-0.2, -0.15) is 0 Å². The van der Waals surface area contributed by atoms with Crippen molar-refractivity contribution in [1.29, 1.82) is 0 Å².